The van der Waals surface area contributed by atoms with Gasteiger partial charge in [0.2, 0.25) is 0 Å². The Morgan fingerprint density at radius 3 is 2.67 bits per heavy atom. The summed E-state index contributed by atoms with van der Waals surface area (Å²) in [6.45, 7) is 7.99. The Kier molecular flexibility index (Phi) is 7.15. The van der Waals surface area contributed by atoms with E-state index < -0.39 is 0 Å². The second kappa shape index (κ2) is 8.62. The molecule has 5 heteroatoms. The normalized spacial score (nSPS) is 12.5. The highest BCUT2D eigenvalue weighted by Gasteiger charge is 2.19. The molecular formula is C16H28N4O. The summed E-state index contributed by atoms with van der Waals surface area (Å²) in [4.78, 5) is 18.7. The van der Waals surface area contributed by atoms with Crippen molar-refractivity contribution in [3.63, 3.8) is 0 Å². The Balaban J connectivity index is 2.82. The van der Waals surface area contributed by atoms with Crippen molar-refractivity contribution in [3.05, 3.63) is 24.0 Å². The molecule has 1 aromatic heterocycles. The molecule has 0 aliphatic rings. The Morgan fingerprint density at radius 1 is 1.38 bits per heavy atom. The van der Waals surface area contributed by atoms with Gasteiger partial charge in [-0.05, 0) is 32.5 Å². The third-order valence-corrected chi connectivity index (χ3v) is 3.31. The van der Waals surface area contributed by atoms with Crippen molar-refractivity contribution in [1.82, 2.24) is 15.2 Å². The number of rotatable bonds is 8. The van der Waals surface area contributed by atoms with Crippen molar-refractivity contribution < 1.29 is 4.79 Å². The average molecular weight is 292 g/mol. The predicted molar refractivity (Wildman–Crippen MR) is 87.7 cm³/mol. The summed E-state index contributed by atoms with van der Waals surface area (Å²) in [6, 6.07) is 1.89. The summed E-state index contributed by atoms with van der Waals surface area (Å²) in [7, 11) is 4.03. The number of pyridine rings is 1. The summed E-state index contributed by atoms with van der Waals surface area (Å²) in [5, 5.41) is 6.39. The molecule has 1 amide bonds. The summed E-state index contributed by atoms with van der Waals surface area (Å²) >= 11 is 0. The minimum atomic E-state index is -0.0449. The van der Waals surface area contributed by atoms with Crippen LogP contribution in [0.1, 0.15) is 37.6 Å². The number of anilines is 1. The zero-order valence-corrected chi connectivity index (χ0v) is 13.8. The third kappa shape index (κ3) is 5.71. The molecule has 1 atom stereocenters. The standard InChI is InChI=1S/C16H28N4O/c1-6-8-18-14-10-17-9-7-13(14)16(21)19-15(12(2)3)11-20(4)5/h7,9-10,12,15,18H,6,8,11H2,1-5H3,(H,19,21). The molecule has 0 bridgehead atoms. The van der Waals surface area contributed by atoms with Gasteiger partial charge >= 0.3 is 0 Å². The Hall–Kier alpha value is -1.62. The van der Waals surface area contributed by atoms with Gasteiger partial charge in [-0.1, -0.05) is 20.8 Å². The molecule has 0 spiro atoms. The van der Waals surface area contributed by atoms with Crippen LogP contribution in [0.2, 0.25) is 0 Å². The Labute approximate surface area is 128 Å². The number of carbonyl (C=O) groups is 1. The van der Waals surface area contributed by atoms with Gasteiger partial charge in [-0.15, -0.1) is 0 Å². The average Bonchev–Trinajstić information content (AvgIpc) is 2.44. The quantitative estimate of drug-likeness (QED) is 0.771. The van der Waals surface area contributed by atoms with Crippen molar-refractivity contribution >= 4 is 11.6 Å². The first-order chi connectivity index (χ1) is 9.95. The lowest BCUT2D eigenvalue weighted by Gasteiger charge is -2.26. The van der Waals surface area contributed by atoms with E-state index in [9.17, 15) is 4.79 Å². The van der Waals surface area contributed by atoms with Crippen LogP contribution in [0.3, 0.4) is 0 Å². The third-order valence-electron chi connectivity index (χ3n) is 3.31. The molecule has 0 radical (unpaired) electrons. The molecule has 0 aliphatic heterocycles. The summed E-state index contributed by atoms with van der Waals surface area (Å²) in [5.41, 5.74) is 1.45. The van der Waals surface area contributed by atoms with Crippen LogP contribution in [0.15, 0.2) is 18.5 Å². The van der Waals surface area contributed by atoms with Crippen LogP contribution in [0.4, 0.5) is 5.69 Å². The van der Waals surface area contributed by atoms with Crippen LogP contribution < -0.4 is 10.6 Å². The van der Waals surface area contributed by atoms with Gasteiger partial charge < -0.3 is 15.5 Å². The van der Waals surface area contributed by atoms with Crippen molar-refractivity contribution in [2.24, 2.45) is 5.92 Å². The Morgan fingerprint density at radius 2 is 2.10 bits per heavy atom. The van der Waals surface area contributed by atoms with E-state index >= 15 is 0 Å². The molecule has 118 valence electrons. The van der Waals surface area contributed by atoms with E-state index in [-0.39, 0.29) is 11.9 Å². The number of aromatic nitrogens is 1. The van der Waals surface area contributed by atoms with E-state index in [4.69, 9.17) is 0 Å². The first-order valence-corrected chi connectivity index (χ1v) is 7.59. The van der Waals surface area contributed by atoms with Crippen LogP contribution in [0.5, 0.6) is 0 Å². The summed E-state index contributed by atoms with van der Waals surface area (Å²) in [6.07, 6.45) is 4.37. The lowest BCUT2D eigenvalue weighted by molar-refractivity contribution is 0.0917. The van der Waals surface area contributed by atoms with E-state index in [1.165, 1.54) is 0 Å². The van der Waals surface area contributed by atoms with E-state index in [0.29, 0.717) is 11.5 Å². The van der Waals surface area contributed by atoms with E-state index in [0.717, 1.165) is 25.2 Å². The second-order valence-electron chi connectivity index (χ2n) is 5.93. The number of hydrogen-bond acceptors (Lipinski definition) is 4. The Bertz CT molecular complexity index is 446. The molecule has 0 saturated heterocycles. The van der Waals surface area contributed by atoms with E-state index in [2.05, 4.69) is 41.3 Å². The van der Waals surface area contributed by atoms with Gasteiger partial charge in [-0.25, -0.2) is 0 Å². The second-order valence-corrected chi connectivity index (χ2v) is 5.93. The maximum atomic E-state index is 12.5. The molecule has 2 N–H and O–H groups in total. The molecule has 0 aromatic carbocycles. The molecule has 1 unspecified atom stereocenters. The summed E-state index contributed by atoms with van der Waals surface area (Å²) < 4.78 is 0. The van der Waals surface area contributed by atoms with Gasteiger partial charge in [0, 0.05) is 25.3 Å². The number of likely N-dealkylation sites (N-methyl/N-ethyl adjacent to an activating group) is 1. The van der Waals surface area contributed by atoms with Crippen molar-refractivity contribution in [2.45, 2.75) is 33.2 Å². The largest absolute Gasteiger partial charge is 0.383 e. The lowest BCUT2D eigenvalue weighted by Crippen LogP contribution is -2.45. The fourth-order valence-electron chi connectivity index (χ4n) is 2.06. The smallest absolute Gasteiger partial charge is 0.253 e. The highest BCUT2D eigenvalue weighted by Crippen LogP contribution is 2.14. The number of nitrogens with one attached hydrogen (secondary N) is 2. The first kappa shape index (κ1) is 17.4. The maximum absolute atomic E-state index is 12.5. The number of amides is 1. The zero-order valence-electron chi connectivity index (χ0n) is 13.8. The summed E-state index contributed by atoms with van der Waals surface area (Å²) in [5.74, 6) is 0.335. The number of nitrogens with zero attached hydrogens (tertiary/aromatic N) is 2. The molecule has 5 nitrogen and oxygen atoms in total. The number of carbonyl (C=O) groups excluding carboxylic acids is 1. The predicted octanol–water partition coefficient (Wildman–Crippen LogP) is 2.22. The minimum absolute atomic E-state index is 0.0449. The first-order valence-electron chi connectivity index (χ1n) is 7.59. The topological polar surface area (TPSA) is 57.3 Å². The highest BCUT2D eigenvalue weighted by atomic mass is 16.1. The molecule has 1 rings (SSSR count). The fraction of sp³-hybridized carbons (Fsp3) is 0.625. The van der Waals surface area contributed by atoms with E-state index in [1.807, 2.05) is 14.1 Å². The van der Waals surface area contributed by atoms with Gasteiger partial charge in [-0.3, -0.25) is 9.78 Å². The molecule has 21 heavy (non-hydrogen) atoms. The van der Waals surface area contributed by atoms with Gasteiger partial charge in [0.05, 0.1) is 17.4 Å². The van der Waals surface area contributed by atoms with Crippen molar-refractivity contribution in [2.75, 3.05) is 32.5 Å². The lowest BCUT2D eigenvalue weighted by atomic mass is 10.0. The van der Waals surface area contributed by atoms with Crippen molar-refractivity contribution in [3.8, 4) is 0 Å². The van der Waals surface area contributed by atoms with Crippen LogP contribution in [-0.2, 0) is 0 Å². The van der Waals surface area contributed by atoms with Crippen molar-refractivity contribution in [1.29, 1.82) is 0 Å². The minimum Gasteiger partial charge on any atom is -0.383 e. The number of hydrogen-bond donors (Lipinski definition) is 2. The van der Waals surface area contributed by atoms with E-state index in [1.54, 1.807) is 18.5 Å². The van der Waals surface area contributed by atoms with Crippen LogP contribution in [0, 0.1) is 5.92 Å². The van der Waals surface area contributed by atoms with Gasteiger partial charge in [-0.2, -0.15) is 0 Å². The molecular weight excluding hydrogens is 264 g/mol. The SMILES string of the molecule is CCCNc1cnccc1C(=O)NC(CN(C)C)C(C)C. The molecule has 0 fully saturated rings. The molecule has 1 heterocycles. The van der Waals surface area contributed by atoms with Gasteiger partial charge in [0.1, 0.15) is 0 Å². The van der Waals surface area contributed by atoms with Crippen LogP contribution in [0.25, 0.3) is 0 Å². The van der Waals surface area contributed by atoms with Gasteiger partial charge in [0.25, 0.3) is 5.91 Å². The molecule has 0 saturated carbocycles. The van der Waals surface area contributed by atoms with Crippen LogP contribution >= 0.6 is 0 Å². The zero-order chi connectivity index (χ0) is 15.8. The maximum Gasteiger partial charge on any atom is 0.253 e. The van der Waals surface area contributed by atoms with Crippen LogP contribution in [-0.4, -0.2) is 49.0 Å². The fourth-order valence-corrected chi connectivity index (χ4v) is 2.06. The molecule has 0 aliphatic carbocycles. The highest BCUT2D eigenvalue weighted by molar-refractivity contribution is 5.99. The molecule has 1 aromatic rings. The monoisotopic (exact) mass is 292 g/mol. The van der Waals surface area contributed by atoms with Gasteiger partial charge in [0.15, 0.2) is 0 Å².